The predicted molar refractivity (Wildman–Crippen MR) is 257 cm³/mol. The van der Waals surface area contributed by atoms with E-state index in [9.17, 15) is 19.8 Å². The van der Waals surface area contributed by atoms with Gasteiger partial charge in [-0.15, -0.1) is 0 Å². The number of hydrogen-bond acceptors (Lipinski definition) is 4. The zero-order valence-electron chi connectivity index (χ0n) is 41.3. The second kappa shape index (κ2) is 64.7. The van der Waals surface area contributed by atoms with Crippen LogP contribution in [0, 0.1) is 0 Å². The fourth-order valence-corrected chi connectivity index (χ4v) is 8.64. The molecule has 6 heteroatoms. The Morgan fingerprint density at radius 1 is 0.213 bits per heavy atom. The number of aliphatic carboxylic acids is 2. The maximum Gasteiger partial charge on any atom is 1.00 e. The summed E-state index contributed by atoms with van der Waals surface area (Å²) < 4.78 is 0. The Labute approximate surface area is 415 Å². The quantitative estimate of drug-likeness (QED) is 0.0449. The molecular formula is C55H108Ag2O4. The Balaban J connectivity index is -0.000000516. The second-order valence-corrected chi connectivity index (χ2v) is 18.9. The van der Waals surface area contributed by atoms with Crippen molar-refractivity contribution in [2.75, 3.05) is 0 Å². The number of rotatable bonds is 51. The van der Waals surface area contributed by atoms with Gasteiger partial charge in [-0.25, -0.2) is 0 Å². The van der Waals surface area contributed by atoms with Gasteiger partial charge in [0.05, 0.1) is 0 Å². The van der Waals surface area contributed by atoms with E-state index in [0.29, 0.717) is 0 Å². The van der Waals surface area contributed by atoms with Crippen LogP contribution in [0.5, 0.6) is 0 Å². The molecule has 4 nitrogen and oxygen atoms in total. The average Bonchev–Trinajstić information content (AvgIpc) is 3.22. The number of carboxylic acids is 2. The van der Waals surface area contributed by atoms with Crippen LogP contribution in [0.2, 0.25) is 0 Å². The van der Waals surface area contributed by atoms with Crippen LogP contribution in [-0.2, 0) is 54.3 Å². The molecule has 374 valence electrons. The number of carboxylic acid groups (broad SMARTS) is 2. The SMILES string of the molecule is CCCCCCCCCCCCCCCCCCCCCCCCCCC(=O)[O-].CCCCCCCCCCCCCCCCCCCCCCCCCCCC(=O)[O-].[Ag+].[Ag+]. The molecule has 0 unspecified atom stereocenters. The van der Waals surface area contributed by atoms with E-state index in [1.807, 2.05) is 0 Å². The fourth-order valence-electron chi connectivity index (χ4n) is 8.64. The molecule has 0 aliphatic carbocycles. The van der Waals surface area contributed by atoms with E-state index in [-0.39, 0.29) is 57.6 Å². The Morgan fingerprint density at radius 2 is 0.311 bits per heavy atom. The van der Waals surface area contributed by atoms with Crippen molar-refractivity contribution >= 4 is 11.9 Å². The maximum absolute atomic E-state index is 10.3. The minimum absolute atomic E-state index is 0. The molecule has 0 saturated heterocycles. The van der Waals surface area contributed by atoms with Gasteiger partial charge in [0.25, 0.3) is 0 Å². The van der Waals surface area contributed by atoms with Crippen molar-refractivity contribution in [1.29, 1.82) is 0 Å². The first kappa shape index (κ1) is 68.0. The van der Waals surface area contributed by atoms with E-state index < -0.39 is 11.9 Å². The third kappa shape index (κ3) is 72.3. The molecular weight excluding hydrogens is 940 g/mol. The molecule has 0 atom stereocenters. The third-order valence-corrected chi connectivity index (χ3v) is 12.7. The largest absolute Gasteiger partial charge is 1.00 e. The normalized spacial score (nSPS) is 10.9. The van der Waals surface area contributed by atoms with Crippen LogP contribution in [0.1, 0.15) is 341 Å². The molecule has 0 heterocycles. The Hall–Kier alpha value is 0.421. The summed E-state index contributed by atoms with van der Waals surface area (Å²) in [6.07, 6.45) is 67.8. The summed E-state index contributed by atoms with van der Waals surface area (Å²) in [6, 6.07) is 0. The summed E-state index contributed by atoms with van der Waals surface area (Å²) >= 11 is 0. The summed E-state index contributed by atoms with van der Waals surface area (Å²) in [5.41, 5.74) is 0. The van der Waals surface area contributed by atoms with Crippen molar-refractivity contribution < 1.29 is 64.6 Å². The van der Waals surface area contributed by atoms with Crippen molar-refractivity contribution in [3.63, 3.8) is 0 Å². The summed E-state index contributed by atoms with van der Waals surface area (Å²) in [7, 11) is 0. The monoisotopic (exact) mass is 1050 g/mol. The van der Waals surface area contributed by atoms with E-state index in [1.54, 1.807) is 0 Å². The molecule has 0 rings (SSSR count). The second-order valence-electron chi connectivity index (χ2n) is 18.9. The minimum Gasteiger partial charge on any atom is -0.550 e. The molecule has 0 bridgehead atoms. The van der Waals surface area contributed by atoms with E-state index >= 15 is 0 Å². The summed E-state index contributed by atoms with van der Waals surface area (Å²) in [6.45, 7) is 4.58. The van der Waals surface area contributed by atoms with Gasteiger partial charge in [0.2, 0.25) is 0 Å². The van der Waals surface area contributed by atoms with E-state index in [1.165, 1.54) is 289 Å². The zero-order valence-corrected chi connectivity index (χ0v) is 44.3. The van der Waals surface area contributed by atoms with Gasteiger partial charge in [0, 0.05) is 11.9 Å². The number of unbranched alkanes of at least 4 members (excludes halogenated alkanes) is 47. The average molecular weight is 1050 g/mol. The fraction of sp³-hybridized carbons (Fsp3) is 0.964. The first-order valence-corrected chi connectivity index (χ1v) is 27.4. The molecule has 0 aromatic carbocycles. The van der Waals surface area contributed by atoms with Gasteiger partial charge >= 0.3 is 44.8 Å². The van der Waals surface area contributed by atoms with Crippen LogP contribution < -0.4 is 10.2 Å². The molecule has 0 amide bonds. The van der Waals surface area contributed by atoms with Gasteiger partial charge in [-0.3, -0.25) is 0 Å². The van der Waals surface area contributed by atoms with Crippen LogP contribution >= 0.6 is 0 Å². The molecule has 0 fully saturated rings. The summed E-state index contributed by atoms with van der Waals surface area (Å²) in [4.78, 5) is 20.6. The van der Waals surface area contributed by atoms with Gasteiger partial charge in [0.1, 0.15) is 0 Å². The number of carbonyl (C=O) groups is 2. The van der Waals surface area contributed by atoms with Crippen molar-refractivity contribution in [3.05, 3.63) is 0 Å². The van der Waals surface area contributed by atoms with Gasteiger partial charge in [-0.1, -0.05) is 316 Å². The molecule has 0 N–H and O–H groups in total. The Kier molecular flexibility index (Phi) is 72.1. The zero-order chi connectivity index (χ0) is 43.2. The molecule has 0 aliphatic rings. The van der Waals surface area contributed by atoms with E-state index in [4.69, 9.17) is 0 Å². The molecule has 0 aromatic heterocycles. The molecule has 0 spiro atoms. The predicted octanol–water partition coefficient (Wildman–Crippen LogP) is 17.4. The van der Waals surface area contributed by atoms with Crippen LogP contribution in [0.15, 0.2) is 0 Å². The van der Waals surface area contributed by atoms with Crippen LogP contribution in [0.3, 0.4) is 0 Å². The molecule has 0 saturated carbocycles. The number of hydrogen-bond donors (Lipinski definition) is 0. The van der Waals surface area contributed by atoms with E-state index in [0.717, 1.165) is 25.7 Å². The standard InChI is InChI=1S/C28H56O2.C27H54O2.2Ag/c1-2-3-4-5-6-7-8-9-10-11-12-13-14-15-16-17-18-19-20-21-22-23-24-25-26-27-28(29)30;1-2-3-4-5-6-7-8-9-10-11-12-13-14-15-16-17-18-19-20-21-22-23-24-25-26-27(28)29;;/h2-27H2,1H3,(H,29,30);2-26H2,1H3,(H,28,29);;/q;;2*+1/p-2. The van der Waals surface area contributed by atoms with Crippen LogP contribution in [0.4, 0.5) is 0 Å². The number of carbonyl (C=O) groups excluding carboxylic acids is 2. The van der Waals surface area contributed by atoms with Crippen molar-refractivity contribution in [3.8, 4) is 0 Å². The van der Waals surface area contributed by atoms with Gasteiger partial charge in [-0.05, 0) is 25.7 Å². The third-order valence-electron chi connectivity index (χ3n) is 12.7. The molecule has 0 aliphatic heterocycles. The maximum atomic E-state index is 10.3. The molecule has 61 heavy (non-hydrogen) atoms. The van der Waals surface area contributed by atoms with Crippen LogP contribution in [0.25, 0.3) is 0 Å². The topological polar surface area (TPSA) is 80.3 Å². The Bertz CT molecular complexity index is 779. The van der Waals surface area contributed by atoms with Crippen LogP contribution in [-0.4, -0.2) is 11.9 Å². The molecule has 0 radical (unpaired) electrons. The first-order chi connectivity index (χ1) is 29.0. The summed E-state index contributed by atoms with van der Waals surface area (Å²) in [5, 5.41) is 20.6. The van der Waals surface area contributed by atoms with E-state index in [2.05, 4.69) is 13.8 Å². The van der Waals surface area contributed by atoms with Crippen molar-refractivity contribution in [1.82, 2.24) is 0 Å². The Morgan fingerprint density at radius 3 is 0.410 bits per heavy atom. The van der Waals surface area contributed by atoms with Gasteiger partial charge in [0.15, 0.2) is 0 Å². The van der Waals surface area contributed by atoms with Gasteiger partial charge < -0.3 is 19.8 Å². The minimum atomic E-state index is -0.899. The smallest absolute Gasteiger partial charge is 0.550 e. The van der Waals surface area contributed by atoms with Crippen molar-refractivity contribution in [2.24, 2.45) is 0 Å². The van der Waals surface area contributed by atoms with Crippen molar-refractivity contribution in [2.45, 2.75) is 341 Å². The molecule has 0 aromatic rings. The van der Waals surface area contributed by atoms with Gasteiger partial charge in [-0.2, -0.15) is 0 Å². The first-order valence-electron chi connectivity index (χ1n) is 27.4. The summed E-state index contributed by atoms with van der Waals surface area (Å²) in [5.74, 6) is -1.80.